The molecule has 0 aliphatic heterocycles. The molecule has 0 saturated carbocycles. The maximum Gasteiger partial charge on any atom is 0.241 e. The van der Waals surface area contributed by atoms with E-state index in [9.17, 15) is 4.79 Å². The van der Waals surface area contributed by atoms with Crippen LogP contribution in [0.5, 0.6) is 0 Å². The standard InChI is InChI=1S/C13H19ClN2O2/c1-9-5-6-10(8-11(9)14)16-13(17)12(15)4-3-7-18-2/h5-6,8,12H,3-4,7,15H2,1-2H3,(H,16,17). The number of nitrogens with one attached hydrogen (secondary N) is 1. The second kappa shape index (κ2) is 7.36. The largest absolute Gasteiger partial charge is 0.385 e. The monoisotopic (exact) mass is 270 g/mol. The number of amides is 1. The van der Waals surface area contributed by atoms with Crippen LogP contribution in [0.25, 0.3) is 0 Å². The van der Waals surface area contributed by atoms with Gasteiger partial charge in [0.15, 0.2) is 0 Å². The van der Waals surface area contributed by atoms with Gasteiger partial charge in [0.1, 0.15) is 0 Å². The summed E-state index contributed by atoms with van der Waals surface area (Å²) in [6.45, 7) is 2.52. The van der Waals surface area contributed by atoms with Crippen LogP contribution in [0.4, 0.5) is 5.69 Å². The number of hydrogen-bond acceptors (Lipinski definition) is 3. The number of ether oxygens (including phenoxy) is 1. The highest BCUT2D eigenvalue weighted by Gasteiger charge is 2.13. The summed E-state index contributed by atoms with van der Waals surface area (Å²) in [6, 6.07) is 4.85. The Bertz CT molecular complexity index is 410. The maximum atomic E-state index is 11.8. The lowest BCUT2D eigenvalue weighted by Crippen LogP contribution is -2.35. The fraction of sp³-hybridized carbons (Fsp3) is 0.462. The lowest BCUT2D eigenvalue weighted by atomic mass is 10.1. The molecule has 0 aliphatic rings. The first-order valence-electron chi connectivity index (χ1n) is 5.86. The van der Waals surface area contributed by atoms with Gasteiger partial charge in [-0.1, -0.05) is 17.7 Å². The number of hydrogen-bond donors (Lipinski definition) is 2. The fourth-order valence-corrected chi connectivity index (χ4v) is 1.66. The molecule has 5 heteroatoms. The van der Waals surface area contributed by atoms with Gasteiger partial charge in [-0.2, -0.15) is 0 Å². The molecule has 1 atom stereocenters. The second-order valence-corrected chi connectivity index (χ2v) is 4.60. The zero-order chi connectivity index (χ0) is 13.5. The molecule has 0 fully saturated rings. The summed E-state index contributed by atoms with van der Waals surface area (Å²) in [5.74, 6) is -0.203. The van der Waals surface area contributed by atoms with Crippen molar-refractivity contribution < 1.29 is 9.53 Å². The first kappa shape index (κ1) is 15.0. The van der Waals surface area contributed by atoms with E-state index >= 15 is 0 Å². The number of nitrogens with two attached hydrogens (primary N) is 1. The van der Waals surface area contributed by atoms with Gasteiger partial charge in [0.05, 0.1) is 6.04 Å². The number of anilines is 1. The molecule has 1 unspecified atom stereocenters. The van der Waals surface area contributed by atoms with Crippen LogP contribution in [0.3, 0.4) is 0 Å². The molecule has 100 valence electrons. The van der Waals surface area contributed by atoms with Crippen molar-refractivity contribution in [1.82, 2.24) is 0 Å². The van der Waals surface area contributed by atoms with Gasteiger partial charge < -0.3 is 15.8 Å². The van der Waals surface area contributed by atoms with Gasteiger partial charge >= 0.3 is 0 Å². The topological polar surface area (TPSA) is 64.3 Å². The Hall–Kier alpha value is -1.10. The lowest BCUT2D eigenvalue weighted by Gasteiger charge is -2.12. The second-order valence-electron chi connectivity index (χ2n) is 4.19. The fourth-order valence-electron chi connectivity index (χ4n) is 1.48. The minimum Gasteiger partial charge on any atom is -0.385 e. The van der Waals surface area contributed by atoms with E-state index in [1.54, 1.807) is 19.2 Å². The molecule has 0 heterocycles. The minimum absolute atomic E-state index is 0.203. The van der Waals surface area contributed by atoms with Crippen LogP contribution in [0.1, 0.15) is 18.4 Å². The molecule has 4 nitrogen and oxygen atoms in total. The van der Waals surface area contributed by atoms with Gasteiger partial charge in [-0.15, -0.1) is 0 Å². The van der Waals surface area contributed by atoms with Crippen LogP contribution >= 0.6 is 11.6 Å². The highest BCUT2D eigenvalue weighted by molar-refractivity contribution is 6.31. The van der Waals surface area contributed by atoms with Crippen LogP contribution in [-0.2, 0) is 9.53 Å². The quantitative estimate of drug-likeness (QED) is 0.780. The van der Waals surface area contributed by atoms with E-state index in [0.717, 1.165) is 12.0 Å². The molecular weight excluding hydrogens is 252 g/mol. The number of benzene rings is 1. The molecule has 1 amide bonds. The number of rotatable bonds is 6. The summed E-state index contributed by atoms with van der Waals surface area (Å²) in [4.78, 5) is 11.8. The van der Waals surface area contributed by atoms with E-state index in [2.05, 4.69) is 5.32 Å². The van der Waals surface area contributed by atoms with Crippen molar-refractivity contribution in [1.29, 1.82) is 0 Å². The molecule has 0 aromatic heterocycles. The highest BCUT2D eigenvalue weighted by Crippen LogP contribution is 2.20. The van der Waals surface area contributed by atoms with Crippen LogP contribution in [-0.4, -0.2) is 25.7 Å². The van der Waals surface area contributed by atoms with E-state index in [1.807, 2.05) is 13.0 Å². The summed E-state index contributed by atoms with van der Waals surface area (Å²) in [7, 11) is 1.62. The van der Waals surface area contributed by atoms with E-state index in [1.165, 1.54) is 0 Å². The number of carbonyl (C=O) groups is 1. The van der Waals surface area contributed by atoms with Crippen LogP contribution in [0.15, 0.2) is 18.2 Å². The Morgan fingerprint density at radius 1 is 1.56 bits per heavy atom. The molecule has 3 N–H and O–H groups in total. The van der Waals surface area contributed by atoms with Crippen LogP contribution < -0.4 is 11.1 Å². The van der Waals surface area contributed by atoms with Crippen molar-refractivity contribution in [3.05, 3.63) is 28.8 Å². The first-order chi connectivity index (χ1) is 8.54. The van der Waals surface area contributed by atoms with E-state index in [0.29, 0.717) is 23.7 Å². The van der Waals surface area contributed by atoms with Crippen molar-refractivity contribution in [3.8, 4) is 0 Å². The third kappa shape index (κ3) is 4.64. The first-order valence-corrected chi connectivity index (χ1v) is 6.24. The summed E-state index contributed by atoms with van der Waals surface area (Å²) < 4.78 is 4.91. The average Bonchev–Trinajstić information content (AvgIpc) is 2.34. The highest BCUT2D eigenvalue weighted by atomic mass is 35.5. The Balaban J connectivity index is 2.50. The Morgan fingerprint density at radius 2 is 2.28 bits per heavy atom. The molecular formula is C13H19ClN2O2. The smallest absolute Gasteiger partial charge is 0.241 e. The third-order valence-electron chi connectivity index (χ3n) is 2.64. The molecule has 1 aromatic carbocycles. The predicted molar refractivity (Wildman–Crippen MR) is 73.9 cm³/mol. The van der Waals surface area contributed by atoms with Crippen molar-refractivity contribution in [2.45, 2.75) is 25.8 Å². The summed E-state index contributed by atoms with van der Waals surface area (Å²) in [5.41, 5.74) is 7.41. The maximum absolute atomic E-state index is 11.8. The number of methoxy groups -OCH3 is 1. The molecule has 0 spiro atoms. The zero-order valence-electron chi connectivity index (χ0n) is 10.7. The molecule has 18 heavy (non-hydrogen) atoms. The Labute approximate surface area is 112 Å². The molecule has 1 aromatic rings. The zero-order valence-corrected chi connectivity index (χ0v) is 11.5. The molecule has 0 saturated heterocycles. The minimum atomic E-state index is -0.528. The van der Waals surface area contributed by atoms with Crippen molar-refractivity contribution in [3.63, 3.8) is 0 Å². The van der Waals surface area contributed by atoms with Gasteiger partial charge in [-0.05, 0) is 37.5 Å². The number of carbonyl (C=O) groups excluding carboxylic acids is 1. The Kier molecular flexibility index (Phi) is 6.12. The predicted octanol–water partition coefficient (Wildman–Crippen LogP) is 2.34. The molecule has 0 bridgehead atoms. The molecule has 0 aliphatic carbocycles. The lowest BCUT2D eigenvalue weighted by molar-refractivity contribution is -0.117. The number of halogens is 1. The van der Waals surface area contributed by atoms with Gasteiger partial charge in [0.25, 0.3) is 0 Å². The van der Waals surface area contributed by atoms with Crippen molar-refractivity contribution in [2.24, 2.45) is 5.73 Å². The van der Waals surface area contributed by atoms with E-state index in [4.69, 9.17) is 22.1 Å². The third-order valence-corrected chi connectivity index (χ3v) is 3.05. The van der Waals surface area contributed by atoms with Crippen molar-refractivity contribution in [2.75, 3.05) is 19.0 Å². The molecule has 1 rings (SSSR count). The number of aryl methyl sites for hydroxylation is 1. The van der Waals surface area contributed by atoms with E-state index < -0.39 is 6.04 Å². The SMILES string of the molecule is COCCCC(N)C(=O)Nc1ccc(C)c(Cl)c1. The van der Waals surface area contributed by atoms with Gasteiger partial charge in [-0.3, -0.25) is 4.79 Å². The van der Waals surface area contributed by atoms with Gasteiger partial charge in [0, 0.05) is 24.4 Å². The van der Waals surface area contributed by atoms with Crippen LogP contribution in [0.2, 0.25) is 5.02 Å². The van der Waals surface area contributed by atoms with Crippen molar-refractivity contribution >= 4 is 23.2 Å². The molecule has 0 radical (unpaired) electrons. The van der Waals surface area contributed by atoms with Gasteiger partial charge in [0.2, 0.25) is 5.91 Å². The van der Waals surface area contributed by atoms with Crippen LogP contribution in [0, 0.1) is 6.92 Å². The summed E-state index contributed by atoms with van der Waals surface area (Å²) in [6.07, 6.45) is 1.36. The van der Waals surface area contributed by atoms with Gasteiger partial charge in [-0.25, -0.2) is 0 Å². The van der Waals surface area contributed by atoms with E-state index in [-0.39, 0.29) is 5.91 Å². The summed E-state index contributed by atoms with van der Waals surface area (Å²) >= 11 is 5.98. The normalized spacial score (nSPS) is 12.2. The Morgan fingerprint density at radius 3 is 2.89 bits per heavy atom. The average molecular weight is 271 g/mol. The summed E-state index contributed by atoms with van der Waals surface area (Å²) in [5, 5.41) is 3.37.